The Morgan fingerprint density at radius 1 is 0.923 bits per heavy atom. The summed E-state index contributed by atoms with van der Waals surface area (Å²) in [6, 6.07) is 21.9. The average molecular weight is 341 g/mol. The van der Waals surface area contributed by atoms with Crippen LogP contribution < -0.4 is 10.9 Å². The summed E-state index contributed by atoms with van der Waals surface area (Å²) in [5.41, 5.74) is 3.38. The Morgan fingerprint density at radius 2 is 1.73 bits per heavy atom. The van der Waals surface area contributed by atoms with E-state index in [4.69, 9.17) is 0 Å². The zero-order chi connectivity index (χ0) is 17.9. The van der Waals surface area contributed by atoms with Crippen LogP contribution in [0.5, 0.6) is 0 Å². The molecule has 2 N–H and O–H groups in total. The fourth-order valence-corrected chi connectivity index (χ4v) is 2.74. The smallest absolute Gasteiger partial charge is 0.257 e. The summed E-state index contributed by atoms with van der Waals surface area (Å²) >= 11 is 0. The Kier molecular flexibility index (Phi) is 4.03. The van der Waals surface area contributed by atoms with Crippen molar-refractivity contribution in [1.82, 2.24) is 9.97 Å². The number of fused-ring (bicyclic) bond motifs is 1. The van der Waals surface area contributed by atoms with E-state index < -0.39 is 0 Å². The van der Waals surface area contributed by atoms with Gasteiger partial charge in [-0.1, -0.05) is 36.4 Å². The highest BCUT2D eigenvalue weighted by molar-refractivity contribution is 6.05. The maximum atomic E-state index is 12.4. The summed E-state index contributed by atoms with van der Waals surface area (Å²) in [6.07, 6.45) is 1.56. The molecule has 0 spiro atoms. The molecule has 1 amide bonds. The number of anilines is 1. The molecule has 126 valence electrons. The molecule has 2 aromatic carbocycles. The van der Waals surface area contributed by atoms with Crippen LogP contribution >= 0.6 is 0 Å². The van der Waals surface area contributed by atoms with Crippen molar-refractivity contribution in [3.63, 3.8) is 0 Å². The summed E-state index contributed by atoms with van der Waals surface area (Å²) in [4.78, 5) is 31.0. The lowest BCUT2D eigenvalue weighted by Gasteiger charge is -2.07. The minimum atomic E-state index is -0.255. The van der Waals surface area contributed by atoms with Gasteiger partial charge in [0.1, 0.15) is 0 Å². The number of H-pyrrole nitrogens is 1. The number of aromatic amines is 1. The fourth-order valence-electron chi connectivity index (χ4n) is 2.74. The first-order valence-corrected chi connectivity index (χ1v) is 8.15. The summed E-state index contributed by atoms with van der Waals surface area (Å²) in [7, 11) is 0. The number of pyridine rings is 2. The van der Waals surface area contributed by atoms with Crippen LogP contribution in [0.25, 0.3) is 22.2 Å². The molecule has 0 saturated heterocycles. The van der Waals surface area contributed by atoms with Crippen LogP contribution in [0.1, 0.15) is 10.4 Å². The third kappa shape index (κ3) is 3.23. The van der Waals surface area contributed by atoms with Crippen molar-refractivity contribution in [3.05, 3.63) is 94.9 Å². The van der Waals surface area contributed by atoms with Gasteiger partial charge in [-0.15, -0.1) is 0 Å². The molecule has 0 aliphatic rings. The number of hydrogen-bond donors (Lipinski definition) is 2. The molecule has 0 aliphatic heterocycles. The van der Waals surface area contributed by atoms with Crippen molar-refractivity contribution >= 4 is 22.5 Å². The second-order valence-electron chi connectivity index (χ2n) is 5.88. The topological polar surface area (TPSA) is 74.8 Å². The minimum absolute atomic E-state index is 0.179. The number of carbonyl (C=O) groups is 1. The van der Waals surface area contributed by atoms with E-state index >= 15 is 0 Å². The number of rotatable bonds is 3. The van der Waals surface area contributed by atoms with Gasteiger partial charge in [0, 0.05) is 23.5 Å². The number of nitrogens with one attached hydrogen (secondary N) is 2. The molecule has 0 aliphatic carbocycles. The number of hydrogen-bond acceptors (Lipinski definition) is 3. The van der Waals surface area contributed by atoms with E-state index in [2.05, 4.69) is 15.3 Å². The first kappa shape index (κ1) is 15.8. The molecular formula is C21H15N3O2. The molecule has 0 fully saturated rings. The zero-order valence-corrected chi connectivity index (χ0v) is 13.8. The summed E-state index contributed by atoms with van der Waals surface area (Å²) < 4.78 is 0. The molecule has 2 aromatic heterocycles. The maximum Gasteiger partial charge on any atom is 0.257 e. The predicted molar refractivity (Wildman–Crippen MR) is 102 cm³/mol. The Balaban J connectivity index is 1.55. The normalized spacial score (nSPS) is 10.6. The van der Waals surface area contributed by atoms with E-state index in [1.807, 2.05) is 42.5 Å². The number of nitrogens with zero attached hydrogens (tertiary/aromatic N) is 1. The SMILES string of the molecule is O=C(Nc1ccc2ccc(=O)[nH]c2c1)c1ccc(-c2ccccc2)nc1. The third-order valence-corrected chi connectivity index (χ3v) is 4.08. The van der Waals surface area contributed by atoms with Gasteiger partial charge in [0.05, 0.1) is 16.8 Å². The van der Waals surface area contributed by atoms with Crippen LogP contribution in [0, 0.1) is 0 Å². The summed E-state index contributed by atoms with van der Waals surface area (Å²) in [6.45, 7) is 0. The minimum Gasteiger partial charge on any atom is -0.322 e. The quantitative estimate of drug-likeness (QED) is 0.594. The van der Waals surface area contributed by atoms with Gasteiger partial charge in [-0.3, -0.25) is 14.6 Å². The van der Waals surface area contributed by atoms with Crippen LogP contribution in [0.2, 0.25) is 0 Å². The van der Waals surface area contributed by atoms with Crippen molar-refractivity contribution in [1.29, 1.82) is 0 Å². The first-order valence-electron chi connectivity index (χ1n) is 8.15. The second kappa shape index (κ2) is 6.64. The molecule has 4 aromatic rings. The van der Waals surface area contributed by atoms with Gasteiger partial charge >= 0.3 is 0 Å². The first-order chi connectivity index (χ1) is 12.7. The maximum absolute atomic E-state index is 12.4. The molecule has 26 heavy (non-hydrogen) atoms. The van der Waals surface area contributed by atoms with Gasteiger partial charge < -0.3 is 10.3 Å². The van der Waals surface area contributed by atoms with Crippen molar-refractivity contribution in [2.75, 3.05) is 5.32 Å². The summed E-state index contributed by atoms with van der Waals surface area (Å²) in [5, 5.41) is 3.73. The van der Waals surface area contributed by atoms with Crippen LogP contribution in [-0.2, 0) is 0 Å². The lowest BCUT2D eigenvalue weighted by atomic mass is 10.1. The van der Waals surface area contributed by atoms with Crippen molar-refractivity contribution < 1.29 is 4.79 Å². The average Bonchev–Trinajstić information content (AvgIpc) is 2.68. The molecule has 0 unspecified atom stereocenters. The molecule has 5 nitrogen and oxygen atoms in total. The van der Waals surface area contributed by atoms with E-state index in [9.17, 15) is 9.59 Å². The fraction of sp³-hybridized carbons (Fsp3) is 0. The Morgan fingerprint density at radius 3 is 2.50 bits per heavy atom. The highest BCUT2D eigenvalue weighted by Crippen LogP contribution is 2.18. The number of benzene rings is 2. The van der Waals surface area contributed by atoms with E-state index in [0.29, 0.717) is 16.8 Å². The molecule has 0 radical (unpaired) electrons. The van der Waals surface area contributed by atoms with Crippen LogP contribution in [0.4, 0.5) is 5.69 Å². The predicted octanol–water partition coefficient (Wildman–Crippen LogP) is 3.84. The van der Waals surface area contributed by atoms with E-state index in [-0.39, 0.29) is 11.5 Å². The van der Waals surface area contributed by atoms with Crippen LogP contribution in [0.3, 0.4) is 0 Å². The zero-order valence-electron chi connectivity index (χ0n) is 13.8. The van der Waals surface area contributed by atoms with Crippen molar-refractivity contribution in [2.24, 2.45) is 0 Å². The Labute approximate surface area is 149 Å². The number of amides is 1. The molecule has 0 bridgehead atoms. The van der Waals surface area contributed by atoms with E-state index in [1.54, 1.807) is 30.5 Å². The van der Waals surface area contributed by atoms with Crippen molar-refractivity contribution in [2.45, 2.75) is 0 Å². The largest absolute Gasteiger partial charge is 0.322 e. The standard InChI is InChI=1S/C21H15N3O2/c25-20-11-8-15-6-9-17(12-19(15)24-20)23-21(26)16-7-10-18(22-13-16)14-4-2-1-3-5-14/h1-13H,(H,23,26)(H,24,25). The third-order valence-electron chi connectivity index (χ3n) is 4.08. The molecular weight excluding hydrogens is 326 g/mol. The number of aromatic nitrogens is 2. The molecule has 2 heterocycles. The van der Waals surface area contributed by atoms with Gasteiger partial charge in [-0.2, -0.15) is 0 Å². The molecule has 5 heteroatoms. The Hall–Kier alpha value is -3.73. The highest BCUT2D eigenvalue weighted by atomic mass is 16.1. The lowest BCUT2D eigenvalue weighted by Crippen LogP contribution is -2.12. The van der Waals surface area contributed by atoms with Crippen LogP contribution in [0.15, 0.2) is 83.8 Å². The van der Waals surface area contributed by atoms with E-state index in [0.717, 1.165) is 16.6 Å². The van der Waals surface area contributed by atoms with Gasteiger partial charge in [0.25, 0.3) is 5.91 Å². The number of carbonyl (C=O) groups excluding carboxylic acids is 1. The van der Waals surface area contributed by atoms with Crippen molar-refractivity contribution in [3.8, 4) is 11.3 Å². The molecule has 0 atom stereocenters. The monoisotopic (exact) mass is 341 g/mol. The van der Waals surface area contributed by atoms with Gasteiger partial charge in [0.2, 0.25) is 5.56 Å². The highest BCUT2D eigenvalue weighted by Gasteiger charge is 2.08. The summed E-state index contributed by atoms with van der Waals surface area (Å²) in [5.74, 6) is -0.255. The van der Waals surface area contributed by atoms with Gasteiger partial charge in [0.15, 0.2) is 0 Å². The second-order valence-corrected chi connectivity index (χ2v) is 5.88. The van der Waals surface area contributed by atoms with Gasteiger partial charge in [-0.25, -0.2) is 0 Å². The molecule has 0 saturated carbocycles. The lowest BCUT2D eigenvalue weighted by molar-refractivity contribution is 0.102. The van der Waals surface area contributed by atoms with E-state index in [1.165, 1.54) is 6.07 Å². The molecule has 4 rings (SSSR count). The van der Waals surface area contributed by atoms with Gasteiger partial charge in [-0.05, 0) is 35.7 Å². The van der Waals surface area contributed by atoms with Crippen LogP contribution in [-0.4, -0.2) is 15.9 Å². The Bertz CT molecular complexity index is 1130.